The van der Waals surface area contributed by atoms with Crippen molar-refractivity contribution in [2.24, 2.45) is 10.9 Å². The zero-order valence-electron chi connectivity index (χ0n) is 18.2. The van der Waals surface area contributed by atoms with Gasteiger partial charge in [-0.1, -0.05) is 43.6 Å². The highest BCUT2D eigenvalue weighted by Crippen LogP contribution is 2.38. The minimum Gasteiger partial charge on any atom is -0.390 e. The van der Waals surface area contributed by atoms with Gasteiger partial charge in [0.25, 0.3) is 0 Å². The molecule has 0 bridgehead atoms. The van der Waals surface area contributed by atoms with Crippen LogP contribution in [0, 0.1) is 5.92 Å². The number of nitrogens with one attached hydrogen (secondary N) is 1. The molecule has 2 aromatic carbocycles. The number of anilines is 2. The number of thiazole rings is 1. The molecule has 32 heavy (non-hydrogen) atoms. The van der Waals surface area contributed by atoms with Gasteiger partial charge < -0.3 is 15.3 Å². The zero-order chi connectivity index (χ0) is 22.8. The van der Waals surface area contributed by atoms with Crippen LogP contribution < -0.4 is 10.2 Å². The van der Waals surface area contributed by atoms with E-state index in [1.807, 2.05) is 42.8 Å². The number of benzene rings is 2. The molecule has 0 aliphatic carbocycles. The standard InChI is InChI=1S/C24H25ClN4O2S/c1-14(2)11-29(3)22-9-21-20(8-18(22)25)28-23(31)10-19(27-21)15-5-4-6-16(7-15)24-26-17(12-30)13-32-24/h4-9,13-14,30H,10-12H2,1-3H3,(H,28,31). The number of rotatable bonds is 6. The van der Waals surface area contributed by atoms with Gasteiger partial charge >= 0.3 is 0 Å². The van der Waals surface area contributed by atoms with Crippen molar-refractivity contribution in [3.05, 3.63) is 58.1 Å². The molecule has 1 amide bonds. The molecule has 6 nitrogen and oxygen atoms in total. The van der Waals surface area contributed by atoms with Gasteiger partial charge in [0.1, 0.15) is 5.01 Å². The van der Waals surface area contributed by atoms with Gasteiger partial charge in [-0.15, -0.1) is 11.3 Å². The molecule has 4 rings (SSSR count). The molecule has 0 unspecified atom stereocenters. The van der Waals surface area contributed by atoms with E-state index in [0.29, 0.717) is 33.7 Å². The minimum atomic E-state index is -0.135. The Bertz CT molecular complexity index is 1190. The lowest BCUT2D eigenvalue weighted by Gasteiger charge is -2.23. The molecule has 1 aliphatic heterocycles. The number of amides is 1. The van der Waals surface area contributed by atoms with E-state index in [0.717, 1.165) is 28.4 Å². The molecule has 166 valence electrons. The third kappa shape index (κ3) is 4.85. The van der Waals surface area contributed by atoms with Crippen LogP contribution in [-0.4, -0.2) is 35.3 Å². The van der Waals surface area contributed by atoms with Crippen molar-refractivity contribution in [2.45, 2.75) is 26.9 Å². The van der Waals surface area contributed by atoms with E-state index in [9.17, 15) is 9.90 Å². The fourth-order valence-corrected chi connectivity index (χ4v) is 4.84. The lowest BCUT2D eigenvalue weighted by Crippen LogP contribution is -2.22. The summed E-state index contributed by atoms with van der Waals surface area (Å²) < 4.78 is 0. The van der Waals surface area contributed by atoms with E-state index in [1.165, 1.54) is 11.3 Å². The van der Waals surface area contributed by atoms with Crippen LogP contribution in [0.25, 0.3) is 10.6 Å². The molecule has 0 radical (unpaired) electrons. The lowest BCUT2D eigenvalue weighted by molar-refractivity contribution is -0.115. The fourth-order valence-electron chi connectivity index (χ4n) is 3.72. The molecule has 2 N–H and O–H groups in total. The van der Waals surface area contributed by atoms with Crippen LogP contribution in [0.15, 0.2) is 46.8 Å². The van der Waals surface area contributed by atoms with E-state index in [1.54, 1.807) is 6.07 Å². The summed E-state index contributed by atoms with van der Waals surface area (Å²) >= 11 is 8.01. The predicted molar refractivity (Wildman–Crippen MR) is 132 cm³/mol. The molecule has 8 heteroatoms. The Balaban J connectivity index is 1.74. The van der Waals surface area contributed by atoms with Crippen molar-refractivity contribution in [3.63, 3.8) is 0 Å². The van der Waals surface area contributed by atoms with Gasteiger partial charge in [0.05, 0.1) is 46.5 Å². The number of halogens is 1. The number of fused-ring (bicyclic) bond motifs is 1. The maximum atomic E-state index is 12.6. The van der Waals surface area contributed by atoms with Gasteiger partial charge in [0, 0.05) is 24.5 Å². The summed E-state index contributed by atoms with van der Waals surface area (Å²) in [5.41, 5.74) is 5.29. The van der Waals surface area contributed by atoms with Crippen LogP contribution in [0.4, 0.5) is 17.1 Å². The highest BCUT2D eigenvalue weighted by Gasteiger charge is 2.20. The summed E-state index contributed by atoms with van der Waals surface area (Å²) in [5.74, 6) is 0.345. The highest BCUT2D eigenvalue weighted by molar-refractivity contribution is 7.13. The van der Waals surface area contributed by atoms with E-state index >= 15 is 0 Å². The van der Waals surface area contributed by atoms with Crippen molar-refractivity contribution in [1.82, 2.24) is 4.98 Å². The smallest absolute Gasteiger partial charge is 0.230 e. The molecule has 0 atom stereocenters. The van der Waals surface area contributed by atoms with Gasteiger partial charge in [0.2, 0.25) is 5.91 Å². The summed E-state index contributed by atoms with van der Waals surface area (Å²) in [6.45, 7) is 5.08. The predicted octanol–water partition coefficient (Wildman–Crippen LogP) is 5.51. The van der Waals surface area contributed by atoms with Crippen LogP contribution in [0.2, 0.25) is 5.02 Å². The number of aliphatic hydroxyl groups excluding tert-OH is 1. The Labute approximate surface area is 196 Å². The van der Waals surface area contributed by atoms with Gasteiger partial charge in [0.15, 0.2) is 0 Å². The molecule has 0 saturated carbocycles. The van der Waals surface area contributed by atoms with Crippen molar-refractivity contribution >= 4 is 51.6 Å². The van der Waals surface area contributed by atoms with Gasteiger partial charge in [-0.3, -0.25) is 9.79 Å². The quantitative estimate of drug-likeness (QED) is 0.500. The average molecular weight is 469 g/mol. The number of hydrogen-bond donors (Lipinski definition) is 2. The maximum absolute atomic E-state index is 12.6. The third-order valence-corrected chi connectivity index (χ3v) is 6.37. The molecule has 0 spiro atoms. The van der Waals surface area contributed by atoms with E-state index in [2.05, 4.69) is 29.0 Å². The first kappa shape index (κ1) is 22.5. The first-order valence-corrected chi connectivity index (χ1v) is 11.7. The first-order chi connectivity index (χ1) is 15.3. The Hall–Kier alpha value is -2.74. The topological polar surface area (TPSA) is 77.8 Å². The van der Waals surface area contributed by atoms with Crippen LogP contribution in [0.1, 0.15) is 31.5 Å². The molecular formula is C24H25ClN4O2S. The number of aromatic nitrogens is 1. The lowest BCUT2D eigenvalue weighted by atomic mass is 10.0. The second-order valence-electron chi connectivity index (χ2n) is 8.26. The summed E-state index contributed by atoms with van der Waals surface area (Å²) in [6, 6.07) is 11.5. The third-order valence-electron chi connectivity index (χ3n) is 5.13. The molecule has 0 saturated heterocycles. The maximum Gasteiger partial charge on any atom is 0.230 e. The first-order valence-electron chi connectivity index (χ1n) is 10.4. The number of carbonyl (C=O) groups is 1. The van der Waals surface area contributed by atoms with Gasteiger partial charge in [-0.2, -0.15) is 0 Å². The summed E-state index contributed by atoms with van der Waals surface area (Å²) in [5, 5.41) is 15.5. The highest BCUT2D eigenvalue weighted by atomic mass is 35.5. The second kappa shape index (κ2) is 9.40. The summed E-state index contributed by atoms with van der Waals surface area (Å²) in [4.78, 5) is 24.0. The number of aliphatic imine (C=N–C) groups is 1. The molecule has 1 aromatic heterocycles. The molecular weight excluding hydrogens is 444 g/mol. The van der Waals surface area contributed by atoms with Crippen LogP contribution in [0.5, 0.6) is 0 Å². The summed E-state index contributed by atoms with van der Waals surface area (Å²) in [7, 11) is 2.01. The van der Waals surface area contributed by atoms with Crippen molar-refractivity contribution in [1.29, 1.82) is 0 Å². The van der Waals surface area contributed by atoms with Crippen LogP contribution >= 0.6 is 22.9 Å². The average Bonchev–Trinajstić information content (AvgIpc) is 3.17. The van der Waals surface area contributed by atoms with Crippen LogP contribution in [-0.2, 0) is 11.4 Å². The number of hydrogen-bond acceptors (Lipinski definition) is 6. The van der Waals surface area contributed by atoms with Crippen molar-refractivity contribution < 1.29 is 9.90 Å². The number of nitrogens with zero attached hydrogens (tertiary/aromatic N) is 3. The Morgan fingerprint density at radius 1 is 1.25 bits per heavy atom. The SMILES string of the molecule is CC(C)CN(C)c1cc2c(cc1Cl)NC(=O)CC(c1cccc(-c3nc(CO)cs3)c1)=N2. The van der Waals surface area contributed by atoms with Crippen molar-refractivity contribution in [3.8, 4) is 10.6 Å². The molecule has 2 heterocycles. The number of aliphatic hydroxyl groups is 1. The Morgan fingerprint density at radius 2 is 2.03 bits per heavy atom. The molecule has 3 aromatic rings. The Morgan fingerprint density at radius 3 is 2.75 bits per heavy atom. The fraction of sp³-hybridized carbons (Fsp3) is 0.292. The molecule has 1 aliphatic rings. The minimum absolute atomic E-state index is 0.0873. The number of carbonyl (C=O) groups excluding carboxylic acids is 1. The van der Waals surface area contributed by atoms with E-state index < -0.39 is 0 Å². The largest absolute Gasteiger partial charge is 0.390 e. The van der Waals surface area contributed by atoms with Crippen molar-refractivity contribution in [2.75, 3.05) is 23.8 Å². The second-order valence-corrected chi connectivity index (χ2v) is 9.53. The zero-order valence-corrected chi connectivity index (χ0v) is 19.8. The summed E-state index contributed by atoms with van der Waals surface area (Å²) in [6.07, 6.45) is 0.159. The monoisotopic (exact) mass is 468 g/mol. The van der Waals surface area contributed by atoms with Gasteiger partial charge in [-0.25, -0.2) is 4.98 Å². The Kier molecular flexibility index (Phi) is 6.60. The van der Waals surface area contributed by atoms with Crippen LogP contribution in [0.3, 0.4) is 0 Å². The van der Waals surface area contributed by atoms with E-state index in [4.69, 9.17) is 16.6 Å². The molecule has 0 fully saturated rings. The van der Waals surface area contributed by atoms with E-state index in [-0.39, 0.29) is 18.9 Å². The normalized spacial score (nSPS) is 13.4. The van der Waals surface area contributed by atoms with Gasteiger partial charge in [-0.05, 0) is 29.7 Å².